The van der Waals surface area contributed by atoms with E-state index >= 15 is 0 Å². The Morgan fingerprint density at radius 1 is 1.10 bits per heavy atom. The normalized spacial score (nSPS) is 12.6. The number of hydrogen-bond acceptors (Lipinski definition) is 2. The fraction of sp³-hybridized carbons (Fsp3) is 0.294. The lowest BCUT2D eigenvalue weighted by Gasteiger charge is -2.19. The predicted molar refractivity (Wildman–Crippen MR) is 93.5 cm³/mol. The number of rotatable bonds is 6. The van der Waals surface area contributed by atoms with Crippen LogP contribution in [0.4, 0.5) is 0 Å². The highest BCUT2D eigenvalue weighted by Gasteiger charge is 2.08. The van der Waals surface area contributed by atoms with Gasteiger partial charge in [-0.2, -0.15) is 0 Å². The van der Waals surface area contributed by atoms with E-state index in [1.807, 2.05) is 24.3 Å². The van der Waals surface area contributed by atoms with E-state index in [1.54, 1.807) is 0 Å². The third-order valence-electron chi connectivity index (χ3n) is 3.49. The average Bonchev–Trinajstić information content (AvgIpc) is 2.48. The molecule has 0 heterocycles. The van der Waals surface area contributed by atoms with Gasteiger partial charge in [-0.1, -0.05) is 51.8 Å². The van der Waals surface area contributed by atoms with Crippen LogP contribution in [0.3, 0.4) is 0 Å². The number of nitrogens with zero attached hydrogens (tertiary/aromatic N) is 1. The molecule has 0 saturated heterocycles. The Labute approximate surface area is 140 Å². The summed E-state index contributed by atoms with van der Waals surface area (Å²) in [5.74, 6) is 0. The van der Waals surface area contributed by atoms with Gasteiger partial charge in [0.05, 0.1) is 0 Å². The number of benzene rings is 2. The zero-order valence-electron chi connectivity index (χ0n) is 12.1. The minimum Gasteiger partial charge on any atom is -0.324 e. The predicted octanol–water partition coefficient (Wildman–Crippen LogP) is 4.62. The molecule has 2 aromatic carbocycles. The molecule has 2 aromatic rings. The fourth-order valence-electron chi connectivity index (χ4n) is 2.22. The molecule has 0 aliphatic heterocycles. The van der Waals surface area contributed by atoms with Crippen LogP contribution in [0.2, 0.25) is 5.02 Å². The van der Waals surface area contributed by atoms with Gasteiger partial charge < -0.3 is 10.6 Å². The van der Waals surface area contributed by atoms with E-state index in [9.17, 15) is 0 Å². The van der Waals surface area contributed by atoms with E-state index in [4.69, 9.17) is 17.3 Å². The van der Waals surface area contributed by atoms with Crippen molar-refractivity contribution in [3.05, 3.63) is 69.2 Å². The molecule has 0 fully saturated rings. The largest absolute Gasteiger partial charge is 0.324 e. The first-order valence-electron chi connectivity index (χ1n) is 6.98. The first kappa shape index (κ1) is 16.5. The SMILES string of the molecule is CN(CCC(N)c1ccc(Br)cc1)Cc1ccc(Cl)cc1. The van der Waals surface area contributed by atoms with Crippen LogP contribution in [0.5, 0.6) is 0 Å². The molecule has 0 aromatic heterocycles. The van der Waals surface area contributed by atoms with Crippen molar-refractivity contribution in [2.45, 2.75) is 19.0 Å². The summed E-state index contributed by atoms with van der Waals surface area (Å²) in [6.45, 7) is 1.87. The van der Waals surface area contributed by atoms with Crippen molar-refractivity contribution in [1.82, 2.24) is 4.90 Å². The zero-order valence-corrected chi connectivity index (χ0v) is 14.4. The second-order valence-corrected chi connectivity index (χ2v) is 6.66. The zero-order chi connectivity index (χ0) is 15.2. The van der Waals surface area contributed by atoms with Crippen molar-refractivity contribution in [3.8, 4) is 0 Å². The van der Waals surface area contributed by atoms with E-state index in [0.717, 1.165) is 29.0 Å². The summed E-state index contributed by atoms with van der Waals surface area (Å²) in [5, 5.41) is 0.777. The number of nitrogens with two attached hydrogens (primary N) is 1. The van der Waals surface area contributed by atoms with Gasteiger partial charge in [0, 0.05) is 22.1 Å². The molecule has 0 amide bonds. The summed E-state index contributed by atoms with van der Waals surface area (Å²) in [6, 6.07) is 16.3. The van der Waals surface area contributed by atoms with Crippen LogP contribution in [-0.4, -0.2) is 18.5 Å². The van der Waals surface area contributed by atoms with Crippen LogP contribution in [0.25, 0.3) is 0 Å². The van der Waals surface area contributed by atoms with Gasteiger partial charge in [0.25, 0.3) is 0 Å². The second-order valence-electron chi connectivity index (χ2n) is 5.31. The Bertz CT molecular complexity index is 554. The topological polar surface area (TPSA) is 29.3 Å². The molecule has 1 unspecified atom stereocenters. The van der Waals surface area contributed by atoms with Gasteiger partial charge in [-0.15, -0.1) is 0 Å². The maximum atomic E-state index is 6.25. The quantitative estimate of drug-likeness (QED) is 0.807. The van der Waals surface area contributed by atoms with Gasteiger partial charge in [0.1, 0.15) is 0 Å². The van der Waals surface area contributed by atoms with Crippen LogP contribution in [0.15, 0.2) is 53.0 Å². The van der Waals surface area contributed by atoms with Crippen molar-refractivity contribution in [2.75, 3.05) is 13.6 Å². The summed E-state index contributed by atoms with van der Waals surface area (Å²) >= 11 is 9.34. The molecule has 2 nitrogen and oxygen atoms in total. The Kier molecular flexibility index (Phi) is 6.24. The third-order valence-corrected chi connectivity index (χ3v) is 4.27. The highest BCUT2D eigenvalue weighted by Crippen LogP contribution is 2.18. The minimum absolute atomic E-state index is 0.0748. The van der Waals surface area contributed by atoms with Crippen LogP contribution in [0, 0.1) is 0 Å². The molecule has 2 rings (SSSR count). The van der Waals surface area contributed by atoms with Crippen molar-refractivity contribution in [1.29, 1.82) is 0 Å². The summed E-state index contributed by atoms with van der Waals surface area (Å²) in [6.07, 6.45) is 0.936. The first-order chi connectivity index (χ1) is 10.0. The fourth-order valence-corrected chi connectivity index (χ4v) is 2.61. The monoisotopic (exact) mass is 366 g/mol. The number of halogens is 2. The molecule has 21 heavy (non-hydrogen) atoms. The van der Waals surface area contributed by atoms with Crippen LogP contribution in [-0.2, 0) is 6.54 Å². The van der Waals surface area contributed by atoms with E-state index in [0.29, 0.717) is 0 Å². The van der Waals surface area contributed by atoms with E-state index < -0.39 is 0 Å². The Morgan fingerprint density at radius 3 is 2.33 bits per heavy atom. The molecule has 0 aliphatic rings. The molecule has 0 bridgehead atoms. The van der Waals surface area contributed by atoms with Gasteiger partial charge in [0.2, 0.25) is 0 Å². The van der Waals surface area contributed by atoms with E-state index in [1.165, 1.54) is 11.1 Å². The van der Waals surface area contributed by atoms with E-state index in [2.05, 4.69) is 52.1 Å². The Balaban J connectivity index is 1.81. The maximum Gasteiger partial charge on any atom is 0.0406 e. The summed E-state index contributed by atoms with van der Waals surface area (Å²) in [4.78, 5) is 2.28. The summed E-state index contributed by atoms with van der Waals surface area (Å²) in [7, 11) is 2.11. The average molecular weight is 368 g/mol. The molecule has 0 spiro atoms. The lowest BCUT2D eigenvalue weighted by Crippen LogP contribution is -2.23. The first-order valence-corrected chi connectivity index (χ1v) is 8.16. The van der Waals surface area contributed by atoms with Gasteiger partial charge in [-0.05, 0) is 55.4 Å². The molecule has 0 radical (unpaired) electrons. The Morgan fingerprint density at radius 2 is 1.71 bits per heavy atom. The van der Waals surface area contributed by atoms with Crippen molar-refractivity contribution < 1.29 is 0 Å². The molecule has 4 heteroatoms. The van der Waals surface area contributed by atoms with Crippen molar-refractivity contribution in [2.24, 2.45) is 5.73 Å². The summed E-state index contributed by atoms with van der Waals surface area (Å²) < 4.78 is 1.08. The Hall–Kier alpha value is -0.870. The van der Waals surface area contributed by atoms with E-state index in [-0.39, 0.29) is 6.04 Å². The van der Waals surface area contributed by atoms with Crippen molar-refractivity contribution >= 4 is 27.5 Å². The molecule has 112 valence electrons. The van der Waals surface area contributed by atoms with Gasteiger partial charge in [-0.3, -0.25) is 0 Å². The van der Waals surface area contributed by atoms with Crippen LogP contribution < -0.4 is 5.73 Å². The highest BCUT2D eigenvalue weighted by molar-refractivity contribution is 9.10. The lowest BCUT2D eigenvalue weighted by molar-refractivity contribution is 0.311. The molecule has 0 aliphatic carbocycles. The molecular weight excluding hydrogens is 348 g/mol. The smallest absolute Gasteiger partial charge is 0.0406 e. The van der Waals surface area contributed by atoms with Gasteiger partial charge in [-0.25, -0.2) is 0 Å². The summed E-state index contributed by atoms with van der Waals surface area (Å²) in [5.41, 5.74) is 8.69. The van der Waals surface area contributed by atoms with Crippen molar-refractivity contribution in [3.63, 3.8) is 0 Å². The van der Waals surface area contributed by atoms with Crippen LogP contribution in [0.1, 0.15) is 23.6 Å². The molecule has 1 atom stereocenters. The number of hydrogen-bond donors (Lipinski definition) is 1. The lowest BCUT2D eigenvalue weighted by atomic mass is 10.0. The second kappa shape index (κ2) is 7.95. The highest BCUT2D eigenvalue weighted by atomic mass is 79.9. The molecular formula is C17H20BrClN2. The minimum atomic E-state index is 0.0748. The van der Waals surface area contributed by atoms with Crippen LogP contribution >= 0.6 is 27.5 Å². The molecule has 2 N–H and O–H groups in total. The molecule has 0 saturated carbocycles. The maximum absolute atomic E-state index is 6.25. The standard InChI is InChI=1S/C17H20BrClN2/c1-21(12-13-2-8-16(19)9-3-13)11-10-17(20)14-4-6-15(18)7-5-14/h2-9,17H,10-12,20H2,1H3. The van der Waals surface area contributed by atoms with Gasteiger partial charge >= 0.3 is 0 Å². The third kappa shape index (κ3) is 5.44. The van der Waals surface area contributed by atoms with Gasteiger partial charge in [0.15, 0.2) is 0 Å².